The van der Waals surface area contributed by atoms with Gasteiger partial charge in [0.15, 0.2) is 28.7 Å². The second kappa shape index (κ2) is 18.2. The maximum Gasteiger partial charge on any atom is 0.413 e. The molecule has 3 aromatic carbocycles. The van der Waals surface area contributed by atoms with Gasteiger partial charge in [-0.1, -0.05) is 42.7 Å². The zero-order chi connectivity index (χ0) is 45.5. The number of aromatic nitrogens is 3. The summed E-state index contributed by atoms with van der Waals surface area (Å²) in [7, 11) is 3.22. The first kappa shape index (κ1) is 43.1. The SMILES string of the molecule is COc1ccc(C2=NN(C3CCN(C(=O)[C@@H](Cc4cccc(C)c4)NC(=O)Oc4c(C)[nH]c5c(-c6c(OCC7CC7)ccc7c6OCO7)ncnc45)CC3)C(=O)[C@@H]3CCCC[C@H]23)cc1OC. The predicted octanol–water partition coefficient (Wildman–Crippen LogP) is 7.52. The molecule has 3 aliphatic heterocycles. The lowest BCUT2D eigenvalue weighted by atomic mass is 9.73. The topological polar surface area (TPSA) is 179 Å². The molecule has 2 N–H and O–H groups in total. The van der Waals surface area contributed by atoms with Gasteiger partial charge in [-0.15, -0.1) is 0 Å². The van der Waals surface area contributed by atoms with Crippen molar-refractivity contribution < 1.29 is 42.8 Å². The summed E-state index contributed by atoms with van der Waals surface area (Å²) < 4.78 is 35.1. The van der Waals surface area contributed by atoms with Crippen LogP contribution in [0.1, 0.15) is 73.8 Å². The minimum atomic E-state index is -0.948. The van der Waals surface area contributed by atoms with E-state index >= 15 is 0 Å². The smallest absolute Gasteiger partial charge is 0.413 e. The average Bonchev–Trinajstić information content (AvgIpc) is 3.95. The molecular formula is C50H55N7O9. The first-order chi connectivity index (χ1) is 32.2. The van der Waals surface area contributed by atoms with Gasteiger partial charge in [-0.05, 0) is 94.2 Å². The van der Waals surface area contributed by atoms with E-state index in [-0.39, 0.29) is 48.7 Å². The Morgan fingerprint density at radius 3 is 2.45 bits per heavy atom. The van der Waals surface area contributed by atoms with Gasteiger partial charge in [-0.2, -0.15) is 5.10 Å². The second-order valence-corrected chi connectivity index (χ2v) is 18.0. The minimum Gasteiger partial charge on any atom is -0.493 e. The summed E-state index contributed by atoms with van der Waals surface area (Å²) in [6.45, 7) is 5.19. The van der Waals surface area contributed by atoms with Crippen molar-refractivity contribution in [2.45, 2.75) is 83.7 Å². The largest absolute Gasteiger partial charge is 0.493 e. The number of piperidine rings is 1. The highest BCUT2D eigenvalue weighted by atomic mass is 16.7. The molecule has 5 heterocycles. The molecule has 5 aliphatic rings. The molecule has 10 rings (SSSR count). The van der Waals surface area contributed by atoms with Gasteiger partial charge in [0.2, 0.25) is 18.6 Å². The monoisotopic (exact) mass is 897 g/mol. The predicted molar refractivity (Wildman–Crippen MR) is 244 cm³/mol. The molecule has 16 nitrogen and oxygen atoms in total. The van der Waals surface area contributed by atoms with Crippen LogP contribution in [0.5, 0.6) is 34.5 Å². The third kappa shape index (κ3) is 8.44. The maximum atomic E-state index is 14.6. The maximum absolute atomic E-state index is 14.6. The van der Waals surface area contributed by atoms with Crippen LogP contribution in [-0.4, -0.2) is 101 Å². The van der Waals surface area contributed by atoms with Crippen molar-refractivity contribution in [3.63, 3.8) is 0 Å². The Morgan fingerprint density at radius 1 is 0.894 bits per heavy atom. The summed E-state index contributed by atoms with van der Waals surface area (Å²) in [5.41, 5.74) is 6.31. The fourth-order valence-corrected chi connectivity index (χ4v) is 9.99. The zero-order valence-corrected chi connectivity index (χ0v) is 37.8. The number of benzene rings is 3. The Labute approximate surface area is 382 Å². The van der Waals surface area contributed by atoms with Crippen molar-refractivity contribution in [2.75, 3.05) is 40.7 Å². The highest BCUT2D eigenvalue weighted by Gasteiger charge is 2.44. The molecule has 2 saturated carbocycles. The lowest BCUT2D eigenvalue weighted by molar-refractivity contribution is -0.143. The lowest BCUT2D eigenvalue weighted by Crippen LogP contribution is -2.56. The fraction of sp³-hybridized carbons (Fsp3) is 0.440. The van der Waals surface area contributed by atoms with Gasteiger partial charge in [0.25, 0.3) is 0 Å². The van der Waals surface area contributed by atoms with E-state index in [1.54, 1.807) is 31.1 Å². The molecule has 1 saturated heterocycles. The molecule has 3 fully saturated rings. The second-order valence-electron chi connectivity index (χ2n) is 18.0. The molecule has 0 radical (unpaired) electrons. The van der Waals surface area contributed by atoms with E-state index in [2.05, 4.69) is 20.3 Å². The summed E-state index contributed by atoms with van der Waals surface area (Å²) in [6.07, 6.45) is 7.93. The third-order valence-corrected chi connectivity index (χ3v) is 13.6. The molecule has 16 heteroatoms. The first-order valence-electron chi connectivity index (χ1n) is 23.0. The number of aromatic amines is 1. The van der Waals surface area contributed by atoms with E-state index in [0.29, 0.717) is 95.2 Å². The van der Waals surface area contributed by atoms with Crippen molar-refractivity contribution in [1.82, 2.24) is 30.2 Å². The number of methoxy groups -OCH3 is 2. The van der Waals surface area contributed by atoms with E-state index in [4.69, 9.17) is 33.5 Å². The Kier molecular flexibility index (Phi) is 11.9. The van der Waals surface area contributed by atoms with Crippen LogP contribution in [0.3, 0.4) is 0 Å². The molecular weight excluding hydrogens is 843 g/mol. The number of carbonyl (C=O) groups is 3. The van der Waals surface area contributed by atoms with Crippen molar-refractivity contribution in [3.8, 4) is 45.8 Å². The van der Waals surface area contributed by atoms with E-state index in [9.17, 15) is 14.4 Å². The van der Waals surface area contributed by atoms with E-state index in [0.717, 1.165) is 60.9 Å². The van der Waals surface area contributed by atoms with Crippen LogP contribution >= 0.6 is 0 Å². The molecule has 3 amide bonds. The number of hydrogen-bond donors (Lipinski definition) is 2. The number of hydrazone groups is 1. The van der Waals surface area contributed by atoms with Crippen LogP contribution in [0.4, 0.5) is 4.79 Å². The van der Waals surface area contributed by atoms with Crippen LogP contribution in [0.15, 0.2) is 66.0 Å². The van der Waals surface area contributed by atoms with Crippen molar-refractivity contribution >= 4 is 34.7 Å². The highest BCUT2D eigenvalue weighted by Crippen LogP contribution is 2.49. The Balaban J connectivity index is 0.877. The number of H-pyrrole nitrogens is 1. The molecule has 2 aliphatic carbocycles. The van der Waals surface area contributed by atoms with E-state index < -0.39 is 12.1 Å². The molecule has 0 spiro atoms. The summed E-state index contributed by atoms with van der Waals surface area (Å²) in [6, 6.07) is 16.2. The number of carbonyl (C=O) groups excluding carboxylic acids is 3. The zero-order valence-electron chi connectivity index (χ0n) is 37.8. The summed E-state index contributed by atoms with van der Waals surface area (Å²) in [4.78, 5) is 57.1. The normalized spacial score (nSPS) is 19.8. The first-order valence-corrected chi connectivity index (χ1v) is 23.0. The number of ether oxygens (including phenoxy) is 6. The number of nitrogens with zero attached hydrogens (tertiary/aromatic N) is 5. The van der Waals surface area contributed by atoms with E-state index in [1.165, 1.54) is 6.33 Å². The summed E-state index contributed by atoms with van der Waals surface area (Å²) in [5.74, 6) is 3.35. The number of nitrogens with one attached hydrogen (secondary N) is 2. The van der Waals surface area contributed by atoms with Crippen LogP contribution in [0.25, 0.3) is 22.3 Å². The average molecular weight is 898 g/mol. The number of fused-ring (bicyclic) bond motifs is 3. The summed E-state index contributed by atoms with van der Waals surface area (Å²) in [5, 5.41) is 9.72. The molecule has 66 heavy (non-hydrogen) atoms. The van der Waals surface area contributed by atoms with Crippen LogP contribution < -0.4 is 33.7 Å². The van der Waals surface area contributed by atoms with Gasteiger partial charge in [0, 0.05) is 36.9 Å². The Bertz CT molecular complexity index is 2710. The standard InChI is InChI=1S/C50H55N7O9/c1-28-8-7-9-31(22-28)23-36(49(59)56-20-18-33(19-21-56)57-48(58)35-11-6-5-10-34(35)42(55-57)32-14-15-37(61-3)40(24-32)62-4)54-50(60)66-46-29(2)53-44-43(51-26-52-45(44)46)41-38(63-25-30-12-13-30)16-17-39-47(41)65-27-64-39/h7-9,14-17,22,24,26,30,33-36,53H,5-6,10-13,18-21,23,25,27H2,1-4H3,(H,54,60)/t34-,35+,36+/m0/s1. The molecule has 5 aromatic rings. The van der Waals surface area contributed by atoms with Gasteiger partial charge < -0.3 is 43.6 Å². The molecule has 0 unspecified atom stereocenters. The molecule has 344 valence electrons. The van der Waals surface area contributed by atoms with Gasteiger partial charge in [-0.3, -0.25) is 9.59 Å². The van der Waals surface area contributed by atoms with Gasteiger partial charge in [-0.25, -0.2) is 19.8 Å². The minimum absolute atomic E-state index is 0.0243. The molecule has 2 aromatic heterocycles. The quantitative estimate of drug-likeness (QED) is 0.119. The Hall–Kier alpha value is -6.84. The summed E-state index contributed by atoms with van der Waals surface area (Å²) >= 11 is 0. The van der Waals surface area contributed by atoms with Crippen molar-refractivity contribution in [3.05, 3.63) is 83.3 Å². The van der Waals surface area contributed by atoms with Crippen molar-refractivity contribution in [1.29, 1.82) is 0 Å². The van der Waals surface area contributed by atoms with Gasteiger partial charge in [0.05, 0.1) is 49.4 Å². The van der Waals surface area contributed by atoms with Gasteiger partial charge >= 0.3 is 6.09 Å². The third-order valence-electron chi connectivity index (χ3n) is 13.6. The van der Waals surface area contributed by atoms with Crippen LogP contribution in [0, 0.1) is 31.6 Å². The van der Waals surface area contributed by atoms with Crippen molar-refractivity contribution in [2.24, 2.45) is 22.9 Å². The lowest BCUT2D eigenvalue weighted by Gasteiger charge is -2.43. The van der Waals surface area contributed by atoms with Crippen LogP contribution in [-0.2, 0) is 16.0 Å². The number of aryl methyl sites for hydroxylation is 2. The Morgan fingerprint density at radius 2 is 1.68 bits per heavy atom. The number of likely N-dealkylation sites (tertiary alicyclic amines) is 1. The van der Waals surface area contributed by atoms with Gasteiger partial charge in [0.1, 0.15) is 29.3 Å². The highest BCUT2D eigenvalue weighted by molar-refractivity contribution is 6.07. The van der Waals surface area contributed by atoms with E-state index in [1.807, 2.05) is 61.5 Å². The molecule has 0 bridgehead atoms. The fourth-order valence-electron chi connectivity index (χ4n) is 9.99. The molecule has 3 atom stereocenters. The number of rotatable bonds is 13. The number of hydrogen-bond acceptors (Lipinski definition) is 12. The number of amides is 3. The van der Waals surface area contributed by atoms with Crippen LogP contribution in [0.2, 0.25) is 0 Å².